The number of piperidine rings is 1. The second-order valence-electron chi connectivity index (χ2n) is 3.66. The topological polar surface area (TPSA) is 67.6 Å². The molecule has 1 amide bonds. The fourth-order valence-electron chi connectivity index (χ4n) is 1.79. The predicted molar refractivity (Wildman–Crippen MR) is 53.4 cm³/mol. The first-order chi connectivity index (χ1) is 6.69. The molecule has 1 saturated heterocycles. The highest BCUT2D eigenvalue weighted by Gasteiger charge is 2.25. The molecule has 0 aromatic rings. The highest BCUT2D eigenvalue weighted by atomic mass is 16.5. The van der Waals surface area contributed by atoms with Crippen molar-refractivity contribution in [2.45, 2.75) is 31.9 Å². The van der Waals surface area contributed by atoms with Crippen LogP contribution in [0.2, 0.25) is 0 Å². The number of nitrogens with zero attached hydrogens (tertiary/aromatic N) is 1. The molecule has 1 aliphatic heterocycles. The van der Waals surface area contributed by atoms with Crippen LogP contribution in [0.5, 0.6) is 0 Å². The van der Waals surface area contributed by atoms with E-state index in [1.165, 1.54) is 0 Å². The number of methoxy groups -OCH3 is 1. The molecule has 14 heavy (non-hydrogen) atoms. The monoisotopic (exact) mass is 201 g/mol. The molecule has 3 N–H and O–H groups in total. The van der Waals surface area contributed by atoms with E-state index in [1.807, 2.05) is 6.92 Å². The second-order valence-corrected chi connectivity index (χ2v) is 3.66. The van der Waals surface area contributed by atoms with Gasteiger partial charge in [0.05, 0.1) is 12.1 Å². The molecule has 5 nitrogen and oxygen atoms in total. The number of carbonyl (C=O) groups excluding carboxylic acids is 1. The molecule has 82 valence electrons. The van der Waals surface area contributed by atoms with Crippen LogP contribution in [0.4, 0.5) is 0 Å². The normalized spacial score (nSPS) is 21.9. The van der Waals surface area contributed by atoms with E-state index in [9.17, 15) is 4.79 Å². The summed E-state index contributed by atoms with van der Waals surface area (Å²) in [6, 6.07) is -0.141. The summed E-state index contributed by atoms with van der Waals surface area (Å²) in [6.07, 6.45) is 2.32. The van der Waals surface area contributed by atoms with Gasteiger partial charge in [-0.05, 0) is 19.8 Å². The van der Waals surface area contributed by atoms with Gasteiger partial charge in [0, 0.05) is 20.2 Å². The number of amides is 1. The molecule has 1 atom stereocenters. The van der Waals surface area contributed by atoms with Gasteiger partial charge in [-0.25, -0.2) is 5.84 Å². The molecule has 0 saturated carbocycles. The summed E-state index contributed by atoms with van der Waals surface area (Å²) in [6.45, 7) is 3.66. The van der Waals surface area contributed by atoms with Crippen LogP contribution >= 0.6 is 0 Å². The van der Waals surface area contributed by atoms with Crippen LogP contribution in [0.15, 0.2) is 0 Å². The average Bonchev–Trinajstić information content (AvgIpc) is 2.27. The summed E-state index contributed by atoms with van der Waals surface area (Å²) in [5, 5.41) is 0. The van der Waals surface area contributed by atoms with Crippen molar-refractivity contribution < 1.29 is 9.53 Å². The van der Waals surface area contributed by atoms with Crippen molar-refractivity contribution in [3.8, 4) is 0 Å². The van der Waals surface area contributed by atoms with Gasteiger partial charge in [-0.3, -0.25) is 15.1 Å². The van der Waals surface area contributed by atoms with E-state index in [-0.39, 0.29) is 11.9 Å². The Morgan fingerprint density at radius 1 is 1.57 bits per heavy atom. The first kappa shape index (κ1) is 11.4. The first-order valence-electron chi connectivity index (χ1n) is 4.96. The molecule has 0 radical (unpaired) electrons. The summed E-state index contributed by atoms with van der Waals surface area (Å²) < 4.78 is 5.25. The Kier molecular flexibility index (Phi) is 4.31. The van der Waals surface area contributed by atoms with Gasteiger partial charge in [-0.2, -0.15) is 0 Å². The van der Waals surface area contributed by atoms with Gasteiger partial charge in [0.2, 0.25) is 0 Å². The van der Waals surface area contributed by atoms with Crippen LogP contribution in [0.25, 0.3) is 0 Å². The number of hydrogen-bond donors (Lipinski definition) is 2. The van der Waals surface area contributed by atoms with Crippen LogP contribution in [-0.2, 0) is 9.53 Å². The van der Waals surface area contributed by atoms with Crippen LogP contribution in [-0.4, -0.2) is 43.2 Å². The van der Waals surface area contributed by atoms with E-state index in [1.54, 1.807) is 7.11 Å². The van der Waals surface area contributed by atoms with E-state index in [0.717, 1.165) is 25.9 Å². The number of rotatable bonds is 3. The van der Waals surface area contributed by atoms with E-state index in [4.69, 9.17) is 10.6 Å². The molecule has 0 aliphatic carbocycles. The zero-order valence-electron chi connectivity index (χ0n) is 8.82. The lowest BCUT2D eigenvalue weighted by Gasteiger charge is -2.34. The SMILES string of the molecule is COC1CCN(C(C)C(=O)NN)CC1. The third kappa shape index (κ3) is 2.67. The van der Waals surface area contributed by atoms with Gasteiger partial charge in [0.25, 0.3) is 5.91 Å². The number of hydrogen-bond acceptors (Lipinski definition) is 4. The van der Waals surface area contributed by atoms with E-state index >= 15 is 0 Å². The van der Waals surface area contributed by atoms with Gasteiger partial charge in [0.1, 0.15) is 0 Å². The molecule has 1 aliphatic rings. The van der Waals surface area contributed by atoms with Crippen molar-refractivity contribution in [3.05, 3.63) is 0 Å². The Labute approximate surface area is 84.5 Å². The largest absolute Gasteiger partial charge is 0.381 e. The number of hydrazine groups is 1. The number of carbonyl (C=O) groups is 1. The smallest absolute Gasteiger partial charge is 0.250 e. The number of ether oxygens (including phenoxy) is 1. The summed E-state index contributed by atoms with van der Waals surface area (Å²) in [5.41, 5.74) is 2.18. The quantitative estimate of drug-likeness (QED) is 0.366. The Morgan fingerprint density at radius 3 is 2.57 bits per heavy atom. The highest BCUT2D eigenvalue weighted by molar-refractivity contribution is 5.80. The molecule has 0 aromatic heterocycles. The zero-order valence-corrected chi connectivity index (χ0v) is 8.82. The Morgan fingerprint density at radius 2 is 2.14 bits per heavy atom. The molecule has 1 fully saturated rings. The van der Waals surface area contributed by atoms with Gasteiger partial charge in [-0.15, -0.1) is 0 Å². The van der Waals surface area contributed by atoms with E-state index in [2.05, 4.69) is 10.3 Å². The Hall–Kier alpha value is -0.650. The highest BCUT2D eigenvalue weighted by Crippen LogP contribution is 2.14. The lowest BCUT2D eigenvalue weighted by atomic mass is 10.1. The Bertz CT molecular complexity index is 190. The van der Waals surface area contributed by atoms with Crippen molar-refractivity contribution in [1.82, 2.24) is 10.3 Å². The molecule has 0 bridgehead atoms. The third-order valence-electron chi connectivity index (χ3n) is 2.88. The minimum absolute atomic E-state index is 0.124. The molecule has 0 spiro atoms. The summed E-state index contributed by atoms with van der Waals surface area (Å²) in [5.74, 6) is 4.96. The van der Waals surface area contributed by atoms with Crippen molar-refractivity contribution in [1.29, 1.82) is 0 Å². The molecule has 5 heteroatoms. The van der Waals surface area contributed by atoms with Gasteiger partial charge in [0.15, 0.2) is 0 Å². The number of nitrogens with one attached hydrogen (secondary N) is 1. The van der Waals surface area contributed by atoms with Crippen LogP contribution in [0.1, 0.15) is 19.8 Å². The fourth-order valence-corrected chi connectivity index (χ4v) is 1.79. The average molecular weight is 201 g/mol. The minimum atomic E-state index is -0.141. The standard InChI is InChI=1S/C9H19N3O2/c1-7(9(13)11-10)12-5-3-8(14-2)4-6-12/h7-8H,3-6,10H2,1-2H3,(H,11,13). The molecule has 1 heterocycles. The van der Waals surface area contributed by atoms with E-state index < -0.39 is 0 Å². The molecule has 0 aromatic carbocycles. The van der Waals surface area contributed by atoms with Gasteiger partial charge >= 0.3 is 0 Å². The summed E-state index contributed by atoms with van der Waals surface area (Å²) in [7, 11) is 1.73. The molecule has 1 rings (SSSR count). The van der Waals surface area contributed by atoms with E-state index in [0.29, 0.717) is 6.10 Å². The Balaban J connectivity index is 2.37. The minimum Gasteiger partial charge on any atom is -0.381 e. The number of nitrogens with two attached hydrogens (primary N) is 1. The maximum absolute atomic E-state index is 11.3. The molecular formula is C9H19N3O2. The fraction of sp³-hybridized carbons (Fsp3) is 0.889. The molecule has 1 unspecified atom stereocenters. The van der Waals surface area contributed by atoms with Crippen molar-refractivity contribution in [3.63, 3.8) is 0 Å². The van der Waals surface area contributed by atoms with Crippen molar-refractivity contribution in [2.24, 2.45) is 5.84 Å². The summed E-state index contributed by atoms with van der Waals surface area (Å²) in [4.78, 5) is 13.4. The van der Waals surface area contributed by atoms with Gasteiger partial charge < -0.3 is 4.74 Å². The maximum atomic E-state index is 11.3. The predicted octanol–water partition coefficient (Wildman–Crippen LogP) is -0.524. The number of likely N-dealkylation sites (tertiary alicyclic amines) is 1. The molecular weight excluding hydrogens is 182 g/mol. The lowest BCUT2D eigenvalue weighted by Crippen LogP contribution is -2.50. The van der Waals surface area contributed by atoms with Crippen LogP contribution in [0.3, 0.4) is 0 Å². The summed E-state index contributed by atoms with van der Waals surface area (Å²) >= 11 is 0. The maximum Gasteiger partial charge on any atom is 0.250 e. The first-order valence-corrected chi connectivity index (χ1v) is 4.96. The zero-order chi connectivity index (χ0) is 10.6. The third-order valence-corrected chi connectivity index (χ3v) is 2.88. The lowest BCUT2D eigenvalue weighted by molar-refractivity contribution is -0.126. The van der Waals surface area contributed by atoms with Gasteiger partial charge in [-0.1, -0.05) is 0 Å². The van der Waals surface area contributed by atoms with Crippen LogP contribution in [0, 0.1) is 0 Å². The van der Waals surface area contributed by atoms with Crippen LogP contribution < -0.4 is 11.3 Å². The second kappa shape index (κ2) is 5.29. The van der Waals surface area contributed by atoms with Crippen molar-refractivity contribution >= 4 is 5.91 Å². The van der Waals surface area contributed by atoms with Crippen molar-refractivity contribution in [2.75, 3.05) is 20.2 Å².